The highest BCUT2D eigenvalue weighted by Crippen LogP contribution is 2.22. The smallest absolute Gasteiger partial charge is 0.338 e. The quantitative estimate of drug-likeness (QED) is 0.717. The minimum absolute atomic E-state index is 0.0692. The number of nitrogens with zero attached hydrogens (tertiary/aromatic N) is 3. The molecule has 7 heteroatoms. The summed E-state index contributed by atoms with van der Waals surface area (Å²) in [4.78, 5) is 34.3. The number of carbonyl (C=O) groups is 2. The number of anilines is 2. The van der Waals surface area contributed by atoms with E-state index in [1.54, 1.807) is 29.2 Å². The molecule has 1 fully saturated rings. The van der Waals surface area contributed by atoms with Gasteiger partial charge in [-0.1, -0.05) is 12.1 Å². The first-order chi connectivity index (χ1) is 13.1. The molecule has 0 bridgehead atoms. The molecule has 2 N–H and O–H groups in total. The van der Waals surface area contributed by atoms with Crippen molar-refractivity contribution in [3.05, 3.63) is 59.9 Å². The molecule has 7 nitrogen and oxygen atoms in total. The minimum Gasteiger partial charge on any atom is -0.454 e. The maximum Gasteiger partial charge on any atom is 0.338 e. The van der Waals surface area contributed by atoms with Crippen molar-refractivity contribution >= 4 is 34.3 Å². The van der Waals surface area contributed by atoms with Gasteiger partial charge in [0.25, 0.3) is 0 Å². The normalized spacial score (nSPS) is 13.9. The third kappa shape index (κ3) is 3.44. The van der Waals surface area contributed by atoms with Gasteiger partial charge in [0.15, 0.2) is 12.4 Å². The highest BCUT2D eigenvalue weighted by molar-refractivity contribution is 5.96. The van der Waals surface area contributed by atoms with Crippen LogP contribution in [0.2, 0.25) is 0 Å². The van der Waals surface area contributed by atoms with E-state index in [0.717, 1.165) is 17.5 Å². The fourth-order valence-corrected chi connectivity index (χ4v) is 3.13. The van der Waals surface area contributed by atoms with Crippen LogP contribution in [0.1, 0.15) is 29.0 Å². The van der Waals surface area contributed by atoms with E-state index in [0.29, 0.717) is 35.7 Å². The van der Waals surface area contributed by atoms with Gasteiger partial charge in [-0.2, -0.15) is 0 Å². The highest BCUT2D eigenvalue weighted by atomic mass is 16.5. The lowest BCUT2D eigenvalue weighted by Gasteiger charge is -2.15. The summed E-state index contributed by atoms with van der Waals surface area (Å²) in [6.45, 7) is 0.642. The van der Waals surface area contributed by atoms with E-state index in [-0.39, 0.29) is 12.5 Å². The molecular formula is C20H18N4O3. The topological polar surface area (TPSA) is 98.4 Å². The number of ether oxygens (including phenoxy) is 1. The Hall–Kier alpha value is -3.48. The van der Waals surface area contributed by atoms with Crippen molar-refractivity contribution in [2.24, 2.45) is 0 Å². The zero-order chi connectivity index (χ0) is 18.8. The van der Waals surface area contributed by atoms with Gasteiger partial charge >= 0.3 is 5.97 Å². The summed E-state index contributed by atoms with van der Waals surface area (Å²) in [6, 6.07) is 14.2. The van der Waals surface area contributed by atoms with Crippen LogP contribution in [0.25, 0.3) is 10.9 Å². The molecule has 1 aliphatic rings. The Balaban J connectivity index is 1.44. The first kappa shape index (κ1) is 17.0. The van der Waals surface area contributed by atoms with E-state index < -0.39 is 5.97 Å². The number of fused-ring (bicyclic) bond motifs is 1. The number of carbonyl (C=O) groups excluding carboxylic acids is 2. The van der Waals surface area contributed by atoms with Crippen LogP contribution in [-0.4, -0.2) is 28.4 Å². The van der Waals surface area contributed by atoms with Gasteiger partial charge in [-0.25, -0.2) is 14.8 Å². The van der Waals surface area contributed by atoms with Gasteiger partial charge in [-0.15, -0.1) is 0 Å². The lowest BCUT2D eigenvalue weighted by molar-refractivity contribution is -0.117. The summed E-state index contributed by atoms with van der Waals surface area (Å²) >= 11 is 0. The summed E-state index contributed by atoms with van der Waals surface area (Å²) in [7, 11) is 0. The number of nitrogens with two attached hydrogens (primary N) is 1. The van der Waals surface area contributed by atoms with Crippen LogP contribution in [0.5, 0.6) is 0 Å². The summed E-state index contributed by atoms with van der Waals surface area (Å²) < 4.78 is 5.30. The third-order valence-electron chi connectivity index (χ3n) is 4.50. The second-order valence-corrected chi connectivity index (χ2v) is 6.31. The summed E-state index contributed by atoms with van der Waals surface area (Å²) in [5, 5.41) is 0.764. The molecule has 0 spiro atoms. The Morgan fingerprint density at radius 3 is 2.63 bits per heavy atom. The van der Waals surface area contributed by atoms with Crippen LogP contribution >= 0.6 is 0 Å². The van der Waals surface area contributed by atoms with Crippen molar-refractivity contribution in [3.8, 4) is 0 Å². The Kier molecular flexibility index (Phi) is 4.42. The average molecular weight is 362 g/mol. The molecule has 27 heavy (non-hydrogen) atoms. The van der Waals surface area contributed by atoms with Crippen molar-refractivity contribution < 1.29 is 14.3 Å². The first-order valence-electron chi connectivity index (χ1n) is 8.70. The Morgan fingerprint density at radius 1 is 1.11 bits per heavy atom. The monoisotopic (exact) mass is 362 g/mol. The van der Waals surface area contributed by atoms with Crippen LogP contribution in [0, 0.1) is 0 Å². The number of amides is 1. The van der Waals surface area contributed by atoms with Crippen molar-refractivity contribution in [1.29, 1.82) is 0 Å². The molecule has 1 aromatic heterocycles. The van der Waals surface area contributed by atoms with Crippen molar-refractivity contribution in [2.75, 3.05) is 17.2 Å². The molecule has 4 rings (SSSR count). The molecule has 2 aromatic carbocycles. The second kappa shape index (κ2) is 7.03. The summed E-state index contributed by atoms with van der Waals surface area (Å²) in [6.07, 6.45) is 1.43. The summed E-state index contributed by atoms with van der Waals surface area (Å²) in [5.41, 5.74) is 7.84. The van der Waals surface area contributed by atoms with E-state index in [9.17, 15) is 9.59 Å². The number of hydrogen-bond donors (Lipinski definition) is 1. The summed E-state index contributed by atoms with van der Waals surface area (Å²) in [5.74, 6) is 0.325. The van der Waals surface area contributed by atoms with E-state index >= 15 is 0 Å². The molecule has 2 heterocycles. The molecule has 1 aliphatic heterocycles. The number of rotatable bonds is 4. The van der Waals surface area contributed by atoms with Crippen LogP contribution in [0.4, 0.5) is 11.5 Å². The molecule has 0 saturated carbocycles. The molecule has 1 saturated heterocycles. The van der Waals surface area contributed by atoms with Gasteiger partial charge in [-0.05, 0) is 42.8 Å². The van der Waals surface area contributed by atoms with Gasteiger partial charge < -0.3 is 15.4 Å². The maximum absolute atomic E-state index is 12.3. The molecule has 0 radical (unpaired) electrons. The molecular weight excluding hydrogens is 344 g/mol. The fourth-order valence-electron chi connectivity index (χ4n) is 3.13. The molecule has 1 amide bonds. The zero-order valence-corrected chi connectivity index (χ0v) is 14.6. The zero-order valence-electron chi connectivity index (χ0n) is 14.6. The van der Waals surface area contributed by atoms with Gasteiger partial charge in [0.05, 0.1) is 11.1 Å². The molecule has 136 valence electrons. The Morgan fingerprint density at radius 2 is 1.89 bits per heavy atom. The van der Waals surface area contributed by atoms with Crippen molar-refractivity contribution in [1.82, 2.24) is 9.97 Å². The lowest BCUT2D eigenvalue weighted by Crippen LogP contribution is -2.23. The average Bonchev–Trinajstić information content (AvgIpc) is 3.12. The van der Waals surface area contributed by atoms with Crippen LogP contribution in [0.15, 0.2) is 48.5 Å². The Bertz CT molecular complexity index is 1020. The molecule has 0 unspecified atom stereocenters. The fraction of sp³-hybridized carbons (Fsp3) is 0.200. The van der Waals surface area contributed by atoms with Crippen LogP contribution in [0.3, 0.4) is 0 Å². The predicted molar refractivity (Wildman–Crippen MR) is 101 cm³/mol. The van der Waals surface area contributed by atoms with E-state index in [2.05, 4.69) is 9.97 Å². The minimum atomic E-state index is -0.482. The van der Waals surface area contributed by atoms with E-state index in [1.165, 1.54) is 0 Å². The molecule has 3 aromatic rings. The van der Waals surface area contributed by atoms with Crippen LogP contribution < -0.4 is 10.6 Å². The number of hydrogen-bond acceptors (Lipinski definition) is 6. The number of aromatic nitrogens is 2. The maximum atomic E-state index is 12.3. The van der Waals surface area contributed by atoms with Crippen LogP contribution in [-0.2, 0) is 16.1 Å². The number of para-hydroxylation sites is 1. The Labute approximate surface area is 155 Å². The van der Waals surface area contributed by atoms with E-state index in [4.69, 9.17) is 10.5 Å². The molecule has 0 atom stereocenters. The van der Waals surface area contributed by atoms with Gasteiger partial charge in [0.2, 0.25) is 5.91 Å². The van der Waals surface area contributed by atoms with Crippen molar-refractivity contribution in [3.63, 3.8) is 0 Å². The second-order valence-electron chi connectivity index (χ2n) is 6.31. The third-order valence-corrected chi connectivity index (χ3v) is 4.50. The standard InChI is InChI=1S/C20H18N4O3/c21-19-15-4-1-2-5-16(15)22-17(23-19)12-27-20(26)13-7-9-14(10-8-13)24-11-3-6-18(24)25/h1-2,4-5,7-10H,3,6,11-12H2,(H2,21,22,23). The number of benzene rings is 2. The molecule has 0 aliphatic carbocycles. The van der Waals surface area contributed by atoms with Gasteiger partial charge in [-0.3, -0.25) is 4.79 Å². The highest BCUT2D eigenvalue weighted by Gasteiger charge is 2.21. The SMILES string of the molecule is Nc1nc(COC(=O)c2ccc(N3CCCC3=O)cc2)nc2ccccc12. The largest absolute Gasteiger partial charge is 0.454 e. The van der Waals surface area contributed by atoms with Crippen molar-refractivity contribution in [2.45, 2.75) is 19.4 Å². The number of nitrogen functional groups attached to an aromatic ring is 1. The van der Waals surface area contributed by atoms with Gasteiger partial charge in [0.1, 0.15) is 5.82 Å². The first-order valence-corrected chi connectivity index (χ1v) is 8.70. The number of esters is 1. The predicted octanol–water partition coefficient (Wildman–Crippen LogP) is 2.70. The lowest BCUT2D eigenvalue weighted by atomic mass is 10.2. The van der Waals surface area contributed by atoms with Gasteiger partial charge in [0, 0.05) is 24.0 Å². The van der Waals surface area contributed by atoms with E-state index in [1.807, 2.05) is 24.3 Å².